The molecular weight excluding hydrogens is 573 g/mol. The first-order chi connectivity index (χ1) is 18.9. The maximum Gasteiger partial charge on any atom is 0.264 e. The summed E-state index contributed by atoms with van der Waals surface area (Å²) in [6.45, 7) is 5.36. The molecule has 0 aliphatic rings. The van der Waals surface area contributed by atoms with E-state index in [1.807, 2.05) is 13.8 Å². The maximum atomic E-state index is 14.0. The summed E-state index contributed by atoms with van der Waals surface area (Å²) >= 11 is 12.3. The average Bonchev–Trinajstić information content (AvgIpc) is 2.95. The Morgan fingerprint density at radius 3 is 2.20 bits per heavy atom. The van der Waals surface area contributed by atoms with Gasteiger partial charge in [-0.05, 0) is 54.8 Å². The van der Waals surface area contributed by atoms with Crippen LogP contribution >= 0.6 is 23.2 Å². The first-order valence-electron chi connectivity index (χ1n) is 12.7. The van der Waals surface area contributed by atoms with Crippen LogP contribution in [0.3, 0.4) is 0 Å². The number of ether oxygens (including phenoxy) is 1. The monoisotopic (exact) mass is 605 g/mol. The minimum absolute atomic E-state index is 0.00284. The highest BCUT2D eigenvalue weighted by Gasteiger charge is 2.33. The molecule has 1 unspecified atom stereocenters. The Morgan fingerprint density at radius 2 is 1.57 bits per heavy atom. The number of methoxy groups -OCH3 is 1. The van der Waals surface area contributed by atoms with E-state index >= 15 is 0 Å². The van der Waals surface area contributed by atoms with E-state index < -0.39 is 28.5 Å². The molecule has 0 heterocycles. The van der Waals surface area contributed by atoms with Crippen LogP contribution in [0.15, 0.2) is 77.7 Å². The van der Waals surface area contributed by atoms with Gasteiger partial charge in [0.05, 0.1) is 27.7 Å². The fourth-order valence-corrected chi connectivity index (χ4v) is 5.70. The van der Waals surface area contributed by atoms with E-state index in [0.29, 0.717) is 22.2 Å². The summed E-state index contributed by atoms with van der Waals surface area (Å²) in [6, 6.07) is 18.4. The van der Waals surface area contributed by atoms with Crippen molar-refractivity contribution in [3.8, 4) is 5.75 Å². The third-order valence-electron chi connectivity index (χ3n) is 6.15. The van der Waals surface area contributed by atoms with Crippen molar-refractivity contribution in [2.45, 2.75) is 38.3 Å². The van der Waals surface area contributed by atoms with Crippen molar-refractivity contribution < 1.29 is 22.7 Å². The molecule has 0 saturated heterocycles. The summed E-state index contributed by atoms with van der Waals surface area (Å²) in [6.07, 6.45) is 0. The summed E-state index contributed by atoms with van der Waals surface area (Å²) in [5.41, 5.74) is 0.814. The molecule has 0 aromatic heterocycles. The molecule has 3 aromatic rings. The number of hydrogen-bond acceptors (Lipinski definition) is 5. The van der Waals surface area contributed by atoms with Gasteiger partial charge in [0.2, 0.25) is 11.8 Å². The normalized spacial score (nSPS) is 12.1. The largest absolute Gasteiger partial charge is 0.495 e. The quantitative estimate of drug-likeness (QED) is 0.299. The van der Waals surface area contributed by atoms with Crippen LogP contribution in [0.2, 0.25) is 10.0 Å². The Hall–Kier alpha value is -3.27. The number of nitrogens with zero attached hydrogens (tertiary/aromatic N) is 2. The zero-order valence-corrected chi connectivity index (χ0v) is 25.1. The molecule has 0 spiro atoms. The molecule has 1 atom stereocenters. The Balaban J connectivity index is 2.05. The summed E-state index contributed by atoms with van der Waals surface area (Å²) < 4.78 is 34.2. The van der Waals surface area contributed by atoms with Gasteiger partial charge < -0.3 is 15.0 Å². The molecule has 3 aromatic carbocycles. The second kappa shape index (κ2) is 13.9. The van der Waals surface area contributed by atoms with Gasteiger partial charge in [0, 0.05) is 13.1 Å². The van der Waals surface area contributed by atoms with Gasteiger partial charge in [0.1, 0.15) is 18.3 Å². The predicted octanol–water partition coefficient (Wildman–Crippen LogP) is 5.39. The number of nitrogens with one attached hydrogen (secondary N) is 1. The van der Waals surface area contributed by atoms with Crippen LogP contribution < -0.4 is 14.4 Å². The number of para-hydroxylation sites is 2. The topological polar surface area (TPSA) is 96.0 Å². The van der Waals surface area contributed by atoms with Gasteiger partial charge in [0.25, 0.3) is 10.0 Å². The lowest BCUT2D eigenvalue weighted by atomic mass is 10.1. The third kappa shape index (κ3) is 7.68. The fraction of sp³-hybridized carbons (Fsp3) is 0.310. The molecule has 8 nitrogen and oxygen atoms in total. The minimum atomic E-state index is -4.20. The molecule has 40 heavy (non-hydrogen) atoms. The molecule has 214 valence electrons. The number of carbonyl (C=O) groups is 2. The Labute approximate surface area is 245 Å². The van der Waals surface area contributed by atoms with E-state index in [1.54, 1.807) is 67.6 Å². The molecule has 0 aliphatic carbocycles. The van der Waals surface area contributed by atoms with Crippen LogP contribution in [0.25, 0.3) is 0 Å². The van der Waals surface area contributed by atoms with E-state index in [4.69, 9.17) is 27.9 Å². The van der Waals surface area contributed by atoms with Gasteiger partial charge in [-0.15, -0.1) is 0 Å². The summed E-state index contributed by atoms with van der Waals surface area (Å²) in [7, 11) is -2.78. The molecular formula is C29H33Cl2N3O5S. The van der Waals surface area contributed by atoms with Gasteiger partial charge in [-0.1, -0.05) is 73.4 Å². The van der Waals surface area contributed by atoms with Crippen molar-refractivity contribution in [1.29, 1.82) is 0 Å². The van der Waals surface area contributed by atoms with Crippen molar-refractivity contribution in [3.05, 3.63) is 88.4 Å². The van der Waals surface area contributed by atoms with Gasteiger partial charge in [-0.3, -0.25) is 13.9 Å². The highest BCUT2D eigenvalue weighted by atomic mass is 35.5. The van der Waals surface area contributed by atoms with Crippen molar-refractivity contribution in [2.75, 3.05) is 24.5 Å². The fourth-order valence-electron chi connectivity index (χ4n) is 3.94. The number of rotatable bonds is 12. The van der Waals surface area contributed by atoms with Crippen molar-refractivity contribution in [3.63, 3.8) is 0 Å². The van der Waals surface area contributed by atoms with E-state index in [-0.39, 0.29) is 34.7 Å². The SMILES string of the molecule is COc1ccccc1N(CC(=O)N(Cc1ccc(Cl)c(Cl)c1)C(C)C(=O)NCC(C)C)S(=O)(=O)c1ccccc1. The van der Waals surface area contributed by atoms with E-state index in [2.05, 4.69) is 5.32 Å². The molecule has 1 N–H and O–H groups in total. The van der Waals surface area contributed by atoms with Gasteiger partial charge in [-0.25, -0.2) is 8.42 Å². The molecule has 0 saturated carbocycles. The second-order valence-corrected chi connectivity index (χ2v) is 12.3. The van der Waals surface area contributed by atoms with Crippen molar-refractivity contribution in [1.82, 2.24) is 10.2 Å². The Morgan fingerprint density at radius 1 is 0.925 bits per heavy atom. The van der Waals surface area contributed by atoms with Crippen LogP contribution in [0.4, 0.5) is 5.69 Å². The highest BCUT2D eigenvalue weighted by Crippen LogP contribution is 2.32. The average molecular weight is 607 g/mol. The number of carbonyl (C=O) groups excluding carboxylic acids is 2. The molecule has 0 bridgehead atoms. The van der Waals surface area contributed by atoms with Gasteiger partial charge in [-0.2, -0.15) is 0 Å². The standard InChI is InChI=1S/C29H33Cl2N3O5S/c1-20(2)17-32-29(36)21(3)33(18-22-14-15-24(30)25(31)16-22)28(35)19-34(26-12-8-9-13-27(26)39-4)40(37,38)23-10-6-5-7-11-23/h5-16,20-21H,17-19H2,1-4H3,(H,32,36). The summed E-state index contributed by atoms with van der Waals surface area (Å²) in [5, 5.41) is 3.50. The highest BCUT2D eigenvalue weighted by molar-refractivity contribution is 7.92. The smallest absolute Gasteiger partial charge is 0.264 e. The number of benzene rings is 3. The summed E-state index contributed by atoms with van der Waals surface area (Å²) in [5.74, 6) is -0.485. The molecule has 0 radical (unpaired) electrons. The van der Waals surface area contributed by atoms with Crippen LogP contribution in [0.5, 0.6) is 5.75 Å². The van der Waals surface area contributed by atoms with Gasteiger partial charge in [0.15, 0.2) is 0 Å². The molecule has 0 aliphatic heterocycles. The molecule has 0 fully saturated rings. The lowest BCUT2D eigenvalue weighted by Crippen LogP contribution is -2.51. The van der Waals surface area contributed by atoms with Crippen molar-refractivity contribution >= 4 is 50.7 Å². The number of halogens is 2. The number of anilines is 1. The molecule has 3 rings (SSSR count). The lowest BCUT2D eigenvalue weighted by molar-refractivity contribution is -0.139. The number of amides is 2. The second-order valence-electron chi connectivity index (χ2n) is 9.58. The van der Waals surface area contributed by atoms with Crippen molar-refractivity contribution in [2.24, 2.45) is 5.92 Å². The van der Waals surface area contributed by atoms with Crippen LogP contribution in [-0.4, -0.2) is 51.4 Å². The first-order valence-corrected chi connectivity index (χ1v) is 14.9. The maximum absolute atomic E-state index is 14.0. The lowest BCUT2D eigenvalue weighted by Gasteiger charge is -2.32. The Kier molecular flexibility index (Phi) is 10.8. The minimum Gasteiger partial charge on any atom is -0.495 e. The van der Waals surface area contributed by atoms with Crippen LogP contribution in [0, 0.1) is 5.92 Å². The summed E-state index contributed by atoms with van der Waals surface area (Å²) in [4.78, 5) is 28.4. The van der Waals surface area contributed by atoms with Gasteiger partial charge >= 0.3 is 0 Å². The number of sulfonamides is 1. The first kappa shape index (κ1) is 31.3. The van der Waals surface area contributed by atoms with E-state index in [9.17, 15) is 18.0 Å². The van der Waals surface area contributed by atoms with E-state index in [1.165, 1.54) is 24.1 Å². The number of hydrogen-bond donors (Lipinski definition) is 1. The molecule has 11 heteroatoms. The predicted molar refractivity (Wildman–Crippen MR) is 158 cm³/mol. The zero-order chi connectivity index (χ0) is 29.4. The van der Waals surface area contributed by atoms with Crippen LogP contribution in [0.1, 0.15) is 26.3 Å². The third-order valence-corrected chi connectivity index (χ3v) is 8.67. The Bertz CT molecular complexity index is 1430. The molecule has 2 amide bonds. The van der Waals surface area contributed by atoms with Crippen LogP contribution in [-0.2, 0) is 26.2 Å². The van der Waals surface area contributed by atoms with E-state index in [0.717, 1.165) is 4.31 Å². The zero-order valence-electron chi connectivity index (χ0n) is 22.8.